The number of carbonyl (C=O) groups excluding carboxylic acids is 1. The van der Waals surface area contributed by atoms with Crippen molar-refractivity contribution >= 4 is 33.0 Å². The minimum absolute atomic E-state index is 0.0273. The second kappa shape index (κ2) is 9.14. The first kappa shape index (κ1) is 22.2. The minimum atomic E-state index is -3.25. The molecule has 1 aliphatic carbocycles. The second-order valence-electron chi connectivity index (χ2n) is 7.52. The maximum Gasteiger partial charge on any atom is 0.289 e. The summed E-state index contributed by atoms with van der Waals surface area (Å²) >= 11 is 6.39. The normalized spacial score (nSPS) is 16.3. The van der Waals surface area contributed by atoms with E-state index in [9.17, 15) is 13.2 Å². The van der Waals surface area contributed by atoms with Crippen LogP contribution < -0.4 is 10.2 Å². The van der Waals surface area contributed by atoms with E-state index in [1.165, 1.54) is 6.08 Å². The molecule has 0 radical (unpaired) electrons. The van der Waals surface area contributed by atoms with E-state index in [1.807, 2.05) is 24.3 Å². The molecule has 1 aliphatic rings. The van der Waals surface area contributed by atoms with Crippen molar-refractivity contribution in [2.75, 3.05) is 11.2 Å². The van der Waals surface area contributed by atoms with Crippen molar-refractivity contribution in [1.82, 2.24) is 15.3 Å². The monoisotopic (exact) mass is 448 g/mol. The summed E-state index contributed by atoms with van der Waals surface area (Å²) in [6.07, 6.45) is 7.95. The van der Waals surface area contributed by atoms with Gasteiger partial charge < -0.3 is 10.2 Å². The topological polar surface area (TPSA) is 92.3 Å². The number of hydrogen-bond donors (Lipinski definition) is 1. The summed E-state index contributed by atoms with van der Waals surface area (Å²) in [6.45, 7) is 3.77. The number of nitrogens with one attached hydrogen (secondary N) is 1. The van der Waals surface area contributed by atoms with Crippen LogP contribution in [0.15, 0.2) is 48.1 Å². The number of benzene rings is 1. The molecule has 160 valence electrons. The van der Waals surface area contributed by atoms with E-state index in [2.05, 4.69) is 27.1 Å². The van der Waals surface area contributed by atoms with Gasteiger partial charge in [-0.3, -0.25) is 4.79 Å². The molecule has 3 rings (SSSR count). The molecule has 0 spiro atoms. The van der Waals surface area contributed by atoms with Crippen molar-refractivity contribution in [3.05, 3.63) is 64.6 Å². The number of nitrogens with zero attached hydrogens (tertiary/aromatic N) is 3. The zero-order valence-corrected chi connectivity index (χ0v) is 18.7. The number of carbonyl (C=O) groups is 1. The summed E-state index contributed by atoms with van der Waals surface area (Å²) in [5.41, 5.74) is 1.85. The molecule has 0 aliphatic heterocycles. The maximum atomic E-state index is 12.4. The third-order valence-electron chi connectivity index (χ3n) is 4.83. The molecule has 7 nitrogen and oxygen atoms in total. The van der Waals surface area contributed by atoms with Crippen LogP contribution in [-0.4, -0.2) is 42.6 Å². The number of anilines is 1. The zero-order valence-electron chi connectivity index (χ0n) is 17.1. The highest BCUT2D eigenvalue weighted by atomic mass is 35.5. The quantitative estimate of drug-likeness (QED) is 0.664. The molecule has 9 heteroatoms. The van der Waals surface area contributed by atoms with Crippen LogP contribution in [0, 0.1) is 0 Å². The highest BCUT2D eigenvalue weighted by molar-refractivity contribution is 7.93. The fraction of sp³-hybridized carbons (Fsp3) is 0.381. The lowest BCUT2D eigenvalue weighted by molar-refractivity contribution is 0.0936. The number of halogens is 1. The molecule has 1 N–H and O–H groups in total. The Morgan fingerprint density at radius 2 is 1.87 bits per heavy atom. The van der Waals surface area contributed by atoms with Gasteiger partial charge in [0.25, 0.3) is 5.91 Å². The van der Waals surface area contributed by atoms with E-state index in [-0.39, 0.29) is 11.9 Å². The largest absolute Gasteiger partial charge is 0.359 e. The van der Waals surface area contributed by atoms with Crippen molar-refractivity contribution in [2.24, 2.45) is 0 Å². The van der Waals surface area contributed by atoms with Crippen molar-refractivity contribution < 1.29 is 13.2 Å². The van der Waals surface area contributed by atoms with E-state index in [0.717, 1.165) is 35.8 Å². The Morgan fingerprint density at radius 3 is 2.43 bits per heavy atom. The predicted octanol–water partition coefficient (Wildman–Crippen LogP) is 3.54. The van der Waals surface area contributed by atoms with Gasteiger partial charge in [-0.2, -0.15) is 0 Å². The lowest BCUT2D eigenvalue weighted by Crippen LogP contribution is -2.33. The van der Waals surface area contributed by atoms with Gasteiger partial charge in [0.15, 0.2) is 9.84 Å². The molecular formula is C21H25ClN4O3S. The van der Waals surface area contributed by atoms with E-state index < -0.39 is 21.8 Å². The van der Waals surface area contributed by atoms with Gasteiger partial charge in [-0.25, -0.2) is 18.4 Å². The Labute approximate surface area is 182 Å². The van der Waals surface area contributed by atoms with Crippen molar-refractivity contribution in [2.45, 2.75) is 44.8 Å². The van der Waals surface area contributed by atoms with Gasteiger partial charge in [-0.1, -0.05) is 35.9 Å². The first-order valence-corrected chi connectivity index (χ1v) is 12.0. The Bertz CT molecular complexity index is 1040. The number of hydrogen-bond acceptors (Lipinski definition) is 6. The van der Waals surface area contributed by atoms with E-state index in [1.54, 1.807) is 19.3 Å². The van der Waals surface area contributed by atoms with Crippen molar-refractivity contribution in [3.63, 3.8) is 0 Å². The first-order chi connectivity index (χ1) is 14.2. The van der Waals surface area contributed by atoms with Crippen LogP contribution in [-0.2, 0) is 9.84 Å². The Hall–Kier alpha value is -2.45. The van der Waals surface area contributed by atoms with Gasteiger partial charge in [0, 0.05) is 28.8 Å². The van der Waals surface area contributed by atoms with E-state index in [4.69, 9.17) is 11.6 Å². The van der Waals surface area contributed by atoms with Crippen LogP contribution in [0.1, 0.15) is 48.9 Å². The number of rotatable bonds is 8. The zero-order chi connectivity index (χ0) is 21.9. The minimum Gasteiger partial charge on any atom is -0.359 e. The van der Waals surface area contributed by atoms with Crippen LogP contribution in [0.3, 0.4) is 0 Å². The summed E-state index contributed by atoms with van der Waals surface area (Å²) in [6, 6.07) is 7.71. The molecule has 1 unspecified atom stereocenters. The summed E-state index contributed by atoms with van der Waals surface area (Å²) in [7, 11) is -3.25. The van der Waals surface area contributed by atoms with Crippen LogP contribution >= 0.6 is 11.6 Å². The molecule has 0 bridgehead atoms. The molecule has 2 aromatic rings. The molecule has 0 saturated heterocycles. The molecule has 1 saturated carbocycles. The van der Waals surface area contributed by atoms with Gasteiger partial charge in [0.1, 0.15) is 0 Å². The van der Waals surface area contributed by atoms with Crippen molar-refractivity contribution in [3.8, 4) is 0 Å². The van der Waals surface area contributed by atoms with Crippen LogP contribution in [0.2, 0.25) is 5.02 Å². The third kappa shape index (κ3) is 5.79. The lowest BCUT2D eigenvalue weighted by Gasteiger charge is -2.31. The third-order valence-corrected chi connectivity index (χ3v) is 5.82. The average molecular weight is 449 g/mol. The molecule has 1 fully saturated rings. The second-order valence-corrected chi connectivity index (χ2v) is 9.86. The average Bonchev–Trinajstić information content (AvgIpc) is 3.52. The maximum absolute atomic E-state index is 12.4. The number of aromatic nitrogens is 2. The van der Waals surface area contributed by atoms with Crippen LogP contribution in [0.5, 0.6) is 0 Å². The molecule has 1 heterocycles. The Kier molecular flexibility index (Phi) is 6.77. The fourth-order valence-electron chi connectivity index (χ4n) is 3.22. The Balaban J connectivity index is 1.74. The first-order valence-electron chi connectivity index (χ1n) is 9.69. The highest BCUT2D eigenvalue weighted by Gasteiger charge is 2.34. The fourth-order valence-corrected chi connectivity index (χ4v) is 4.03. The Morgan fingerprint density at radius 1 is 1.23 bits per heavy atom. The molecule has 1 amide bonds. The molecule has 2 atom stereocenters. The number of sulfone groups is 1. The van der Waals surface area contributed by atoms with Crippen LogP contribution in [0.4, 0.5) is 5.69 Å². The highest BCUT2D eigenvalue weighted by Crippen LogP contribution is 2.39. The molecule has 1 aromatic carbocycles. The lowest BCUT2D eigenvalue weighted by atomic mass is 10.1. The molecular weight excluding hydrogens is 424 g/mol. The van der Waals surface area contributed by atoms with Crippen LogP contribution in [0.25, 0.3) is 0 Å². The predicted molar refractivity (Wildman–Crippen MR) is 118 cm³/mol. The van der Waals surface area contributed by atoms with Gasteiger partial charge in [0.2, 0.25) is 5.82 Å². The molecule has 30 heavy (non-hydrogen) atoms. The van der Waals surface area contributed by atoms with E-state index >= 15 is 0 Å². The number of amides is 1. The van der Waals surface area contributed by atoms with Crippen molar-refractivity contribution in [1.29, 1.82) is 0 Å². The van der Waals surface area contributed by atoms with Gasteiger partial charge in [-0.15, -0.1) is 0 Å². The summed E-state index contributed by atoms with van der Waals surface area (Å²) < 4.78 is 22.4. The SMILES string of the molecule is CC(c1ccccc1Cl)N(c1cnc(C(=O)N[C@H](C)/C=C/S(C)(=O)=O)nc1)C1CC1. The summed E-state index contributed by atoms with van der Waals surface area (Å²) in [5, 5.41) is 4.44. The summed E-state index contributed by atoms with van der Waals surface area (Å²) in [4.78, 5) is 23.1. The van der Waals surface area contributed by atoms with E-state index in [0.29, 0.717) is 11.1 Å². The van der Waals surface area contributed by atoms with Gasteiger partial charge in [-0.05, 0) is 38.3 Å². The van der Waals surface area contributed by atoms with Gasteiger partial charge >= 0.3 is 0 Å². The smallest absolute Gasteiger partial charge is 0.289 e. The van der Waals surface area contributed by atoms with Gasteiger partial charge in [0.05, 0.1) is 24.1 Å². The standard InChI is InChI=1S/C21H25ClN4O3S/c1-14(10-11-30(3,28)29)25-21(27)20-23-12-17(13-24-20)26(16-8-9-16)15(2)18-6-4-5-7-19(18)22/h4-7,10-16H,8-9H2,1-3H3,(H,25,27)/b11-10+/t14-,15?/m1/s1. The summed E-state index contributed by atoms with van der Waals surface area (Å²) in [5.74, 6) is -0.441. The molecule has 1 aromatic heterocycles.